The monoisotopic (exact) mass is 375 g/mol. The maximum absolute atomic E-state index is 12.9. The Morgan fingerprint density at radius 3 is 2.52 bits per heavy atom. The SMILES string of the molecule is NC(c1ccc(-c2ccc(Br)c(C(F)(F)F)c2)s1)C1CC1. The van der Waals surface area contributed by atoms with Crippen molar-refractivity contribution < 1.29 is 13.2 Å². The van der Waals surface area contributed by atoms with Crippen LogP contribution in [0, 0.1) is 5.92 Å². The first-order valence-corrected chi connectivity index (χ1v) is 8.19. The number of halogens is 4. The average Bonchev–Trinajstić information content (AvgIpc) is 3.15. The van der Waals surface area contributed by atoms with Gasteiger partial charge in [-0.15, -0.1) is 11.3 Å². The molecule has 1 atom stereocenters. The summed E-state index contributed by atoms with van der Waals surface area (Å²) in [6, 6.07) is 8.11. The van der Waals surface area contributed by atoms with E-state index < -0.39 is 11.7 Å². The quantitative estimate of drug-likeness (QED) is 0.741. The Labute approximate surface area is 133 Å². The molecule has 1 fully saturated rings. The van der Waals surface area contributed by atoms with Crippen LogP contribution in [0.1, 0.15) is 29.3 Å². The van der Waals surface area contributed by atoms with Crippen LogP contribution in [0.15, 0.2) is 34.8 Å². The number of rotatable bonds is 3. The Morgan fingerprint density at radius 1 is 1.19 bits per heavy atom. The van der Waals surface area contributed by atoms with Crippen molar-refractivity contribution in [3.05, 3.63) is 45.2 Å². The number of benzene rings is 1. The second-order valence-corrected chi connectivity index (χ2v) is 7.23. The van der Waals surface area contributed by atoms with E-state index in [2.05, 4.69) is 15.9 Å². The van der Waals surface area contributed by atoms with Crippen LogP contribution in [0.5, 0.6) is 0 Å². The van der Waals surface area contributed by atoms with Gasteiger partial charge in [0.25, 0.3) is 0 Å². The second kappa shape index (κ2) is 5.41. The Morgan fingerprint density at radius 2 is 1.90 bits per heavy atom. The number of hydrogen-bond acceptors (Lipinski definition) is 2. The zero-order valence-electron chi connectivity index (χ0n) is 11.0. The second-order valence-electron chi connectivity index (χ2n) is 5.26. The summed E-state index contributed by atoms with van der Waals surface area (Å²) in [4.78, 5) is 1.86. The molecule has 1 unspecified atom stereocenters. The fraction of sp³-hybridized carbons (Fsp3) is 0.333. The van der Waals surface area contributed by atoms with Crippen LogP contribution in [-0.2, 0) is 6.18 Å². The van der Waals surface area contributed by atoms with Crippen molar-refractivity contribution in [3.8, 4) is 10.4 Å². The van der Waals surface area contributed by atoms with Crippen molar-refractivity contribution in [3.63, 3.8) is 0 Å². The summed E-state index contributed by atoms with van der Waals surface area (Å²) in [6.45, 7) is 0. The zero-order valence-corrected chi connectivity index (χ0v) is 13.4. The van der Waals surface area contributed by atoms with Crippen molar-refractivity contribution in [1.82, 2.24) is 0 Å². The van der Waals surface area contributed by atoms with Gasteiger partial charge in [0.1, 0.15) is 0 Å². The maximum Gasteiger partial charge on any atom is 0.417 e. The molecule has 1 aliphatic carbocycles. The summed E-state index contributed by atoms with van der Waals surface area (Å²) >= 11 is 4.44. The van der Waals surface area contributed by atoms with Crippen LogP contribution in [0.3, 0.4) is 0 Å². The molecular weight excluding hydrogens is 363 g/mol. The van der Waals surface area contributed by atoms with Gasteiger partial charge in [0.15, 0.2) is 0 Å². The first-order chi connectivity index (χ1) is 9.86. The van der Waals surface area contributed by atoms with Crippen LogP contribution in [0.2, 0.25) is 0 Å². The molecule has 6 heteroatoms. The molecule has 1 aromatic heterocycles. The van der Waals surface area contributed by atoms with Gasteiger partial charge in [-0.25, -0.2) is 0 Å². The highest BCUT2D eigenvalue weighted by Gasteiger charge is 2.33. The van der Waals surface area contributed by atoms with Gasteiger partial charge in [0.05, 0.1) is 5.56 Å². The van der Waals surface area contributed by atoms with E-state index in [1.54, 1.807) is 6.07 Å². The third kappa shape index (κ3) is 3.17. The lowest BCUT2D eigenvalue weighted by Crippen LogP contribution is -2.10. The summed E-state index contributed by atoms with van der Waals surface area (Å²) < 4.78 is 38.9. The minimum Gasteiger partial charge on any atom is -0.323 e. The topological polar surface area (TPSA) is 26.0 Å². The Balaban J connectivity index is 1.93. The highest BCUT2D eigenvalue weighted by molar-refractivity contribution is 9.10. The number of alkyl halides is 3. The van der Waals surface area contributed by atoms with Crippen LogP contribution in [0.4, 0.5) is 13.2 Å². The molecule has 1 aliphatic rings. The normalized spacial score (nSPS) is 17.0. The number of thiophene rings is 1. The molecule has 1 saturated carbocycles. The molecule has 0 amide bonds. The van der Waals surface area contributed by atoms with Gasteiger partial charge < -0.3 is 5.73 Å². The minimum absolute atomic E-state index is 0.0151. The lowest BCUT2D eigenvalue weighted by atomic mass is 10.1. The fourth-order valence-electron chi connectivity index (χ4n) is 2.27. The van der Waals surface area contributed by atoms with Gasteiger partial charge in [-0.1, -0.05) is 22.0 Å². The van der Waals surface area contributed by atoms with Crippen molar-refractivity contribution in [2.75, 3.05) is 0 Å². The standard InChI is InChI=1S/C15H13BrF3NS/c16-11-4-3-9(7-10(11)15(17,18)19)12-5-6-13(21-12)14(20)8-1-2-8/h3-8,14H,1-2,20H2. The molecule has 2 N–H and O–H groups in total. The molecule has 0 spiro atoms. The fourth-order valence-corrected chi connectivity index (χ4v) is 3.84. The van der Waals surface area contributed by atoms with E-state index >= 15 is 0 Å². The maximum atomic E-state index is 12.9. The van der Waals surface area contributed by atoms with E-state index in [0.717, 1.165) is 22.6 Å². The lowest BCUT2D eigenvalue weighted by Gasteiger charge is -2.10. The van der Waals surface area contributed by atoms with E-state index in [1.807, 2.05) is 12.1 Å². The Kier molecular flexibility index (Phi) is 3.88. The highest BCUT2D eigenvalue weighted by atomic mass is 79.9. The molecule has 0 radical (unpaired) electrons. The van der Waals surface area contributed by atoms with Gasteiger partial charge in [-0.2, -0.15) is 13.2 Å². The highest BCUT2D eigenvalue weighted by Crippen LogP contribution is 2.44. The summed E-state index contributed by atoms with van der Waals surface area (Å²) in [5.74, 6) is 0.534. The van der Waals surface area contributed by atoms with Gasteiger partial charge in [-0.05, 0) is 48.6 Å². The van der Waals surface area contributed by atoms with Crippen LogP contribution < -0.4 is 5.73 Å². The van der Waals surface area contributed by atoms with Gasteiger partial charge in [0, 0.05) is 20.3 Å². The molecule has 1 aromatic carbocycles. The predicted molar refractivity (Wildman–Crippen MR) is 82.1 cm³/mol. The van der Waals surface area contributed by atoms with Gasteiger partial charge in [-0.3, -0.25) is 0 Å². The van der Waals surface area contributed by atoms with Crippen molar-refractivity contribution in [1.29, 1.82) is 0 Å². The van der Waals surface area contributed by atoms with Crippen LogP contribution >= 0.6 is 27.3 Å². The third-order valence-electron chi connectivity index (χ3n) is 3.64. The van der Waals surface area contributed by atoms with Gasteiger partial charge in [0.2, 0.25) is 0 Å². The predicted octanol–water partition coefficient (Wildman–Crippen LogP) is 5.61. The van der Waals surface area contributed by atoms with E-state index in [1.165, 1.54) is 23.5 Å². The van der Waals surface area contributed by atoms with Gasteiger partial charge >= 0.3 is 6.18 Å². The molecule has 3 rings (SSSR count). The molecule has 0 aliphatic heterocycles. The lowest BCUT2D eigenvalue weighted by molar-refractivity contribution is -0.138. The Hall–Kier alpha value is -0.850. The first-order valence-electron chi connectivity index (χ1n) is 6.58. The first kappa shape index (κ1) is 15.1. The summed E-state index contributed by atoms with van der Waals surface area (Å²) in [5, 5.41) is 0. The zero-order chi connectivity index (χ0) is 15.2. The smallest absolute Gasteiger partial charge is 0.323 e. The van der Waals surface area contributed by atoms with Crippen molar-refractivity contribution in [2.24, 2.45) is 11.7 Å². The average molecular weight is 376 g/mol. The molecule has 0 bridgehead atoms. The number of hydrogen-bond donors (Lipinski definition) is 1. The molecule has 21 heavy (non-hydrogen) atoms. The van der Waals surface area contributed by atoms with E-state index in [0.29, 0.717) is 11.5 Å². The number of nitrogens with two attached hydrogens (primary N) is 1. The minimum atomic E-state index is -4.36. The summed E-state index contributed by atoms with van der Waals surface area (Å²) in [7, 11) is 0. The molecule has 0 saturated heterocycles. The molecule has 1 nitrogen and oxygen atoms in total. The van der Waals surface area contributed by atoms with Crippen molar-refractivity contribution in [2.45, 2.75) is 25.1 Å². The van der Waals surface area contributed by atoms with Crippen LogP contribution in [-0.4, -0.2) is 0 Å². The largest absolute Gasteiger partial charge is 0.417 e. The van der Waals surface area contributed by atoms with Crippen molar-refractivity contribution >= 4 is 27.3 Å². The third-order valence-corrected chi connectivity index (χ3v) is 5.57. The van der Waals surface area contributed by atoms with E-state index in [4.69, 9.17) is 5.73 Å². The molecule has 112 valence electrons. The summed E-state index contributed by atoms with van der Waals surface area (Å²) in [6.07, 6.45) is -2.07. The Bertz CT molecular complexity index is 661. The summed E-state index contributed by atoms with van der Waals surface area (Å²) in [5.41, 5.74) is 6.06. The molecular formula is C15H13BrF3NS. The van der Waals surface area contributed by atoms with E-state index in [9.17, 15) is 13.2 Å². The van der Waals surface area contributed by atoms with Crippen LogP contribution in [0.25, 0.3) is 10.4 Å². The molecule has 1 heterocycles. The molecule has 2 aromatic rings. The van der Waals surface area contributed by atoms with E-state index in [-0.39, 0.29) is 10.5 Å².